The minimum atomic E-state index is 0.554. The van der Waals surface area contributed by atoms with Gasteiger partial charge in [0.1, 0.15) is 0 Å². The first-order valence-electron chi connectivity index (χ1n) is 9.31. The summed E-state index contributed by atoms with van der Waals surface area (Å²) in [4.78, 5) is 2.72. The zero-order valence-electron chi connectivity index (χ0n) is 14.5. The molecule has 128 valence electrons. The zero-order chi connectivity index (χ0) is 15.6. The molecule has 0 bridgehead atoms. The van der Waals surface area contributed by atoms with Crippen molar-refractivity contribution in [1.82, 2.24) is 4.90 Å². The molecule has 0 aromatic rings. The van der Waals surface area contributed by atoms with Crippen molar-refractivity contribution in [2.24, 2.45) is 11.8 Å². The Bertz CT molecular complexity index is 292. The number of ether oxygens (including phenoxy) is 2. The summed E-state index contributed by atoms with van der Waals surface area (Å²) >= 11 is 0. The van der Waals surface area contributed by atoms with Crippen LogP contribution in [0, 0.1) is 11.8 Å². The third-order valence-electron chi connectivity index (χ3n) is 5.22. The van der Waals surface area contributed by atoms with E-state index in [9.17, 15) is 0 Å². The molecule has 1 saturated carbocycles. The molecule has 22 heavy (non-hydrogen) atoms. The van der Waals surface area contributed by atoms with Crippen molar-refractivity contribution in [3.63, 3.8) is 0 Å². The molecule has 0 N–H and O–H groups in total. The molecule has 1 unspecified atom stereocenters. The van der Waals surface area contributed by atoms with Gasteiger partial charge in [-0.1, -0.05) is 32.3 Å². The average molecular weight is 309 g/mol. The molecule has 0 radical (unpaired) electrons. The van der Waals surface area contributed by atoms with Crippen molar-refractivity contribution in [3.8, 4) is 0 Å². The van der Waals surface area contributed by atoms with Crippen LogP contribution in [0.15, 0.2) is 12.7 Å². The van der Waals surface area contributed by atoms with Crippen molar-refractivity contribution < 1.29 is 9.47 Å². The lowest BCUT2D eigenvalue weighted by atomic mass is 9.88. The molecule has 2 rings (SSSR count). The van der Waals surface area contributed by atoms with E-state index in [1.165, 1.54) is 38.6 Å². The van der Waals surface area contributed by atoms with Crippen LogP contribution in [0.25, 0.3) is 0 Å². The summed E-state index contributed by atoms with van der Waals surface area (Å²) in [5.74, 6) is 1.44. The first-order chi connectivity index (χ1) is 10.8. The summed E-state index contributed by atoms with van der Waals surface area (Å²) in [6.45, 7) is 11.9. The average Bonchev–Trinajstić information content (AvgIpc) is 2.69. The summed E-state index contributed by atoms with van der Waals surface area (Å²) in [5.41, 5.74) is 0. The maximum atomic E-state index is 5.68. The SMILES string of the molecule is C=CC(C)CN(CC1CCCCC1)C1CCOCCOCC1. The van der Waals surface area contributed by atoms with E-state index in [-0.39, 0.29) is 0 Å². The van der Waals surface area contributed by atoms with Crippen LogP contribution in [-0.4, -0.2) is 50.5 Å². The largest absolute Gasteiger partial charge is 0.379 e. The molecular formula is C19H35NO2. The van der Waals surface area contributed by atoms with E-state index in [0.717, 1.165) is 51.7 Å². The highest BCUT2D eigenvalue weighted by Crippen LogP contribution is 2.26. The second-order valence-electron chi connectivity index (χ2n) is 7.13. The lowest BCUT2D eigenvalue weighted by Crippen LogP contribution is -2.42. The Morgan fingerprint density at radius 3 is 2.23 bits per heavy atom. The molecule has 0 aromatic heterocycles. The number of rotatable bonds is 6. The van der Waals surface area contributed by atoms with Crippen molar-refractivity contribution in [2.45, 2.75) is 57.9 Å². The van der Waals surface area contributed by atoms with Crippen molar-refractivity contribution in [3.05, 3.63) is 12.7 Å². The molecule has 2 fully saturated rings. The molecule has 1 aliphatic heterocycles. The van der Waals surface area contributed by atoms with Crippen LogP contribution in [0.1, 0.15) is 51.9 Å². The van der Waals surface area contributed by atoms with Gasteiger partial charge in [0.2, 0.25) is 0 Å². The molecule has 1 atom stereocenters. The van der Waals surface area contributed by atoms with Crippen LogP contribution in [-0.2, 0) is 9.47 Å². The maximum Gasteiger partial charge on any atom is 0.0700 e. The van der Waals surface area contributed by atoms with Crippen LogP contribution >= 0.6 is 0 Å². The van der Waals surface area contributed by atoms with Gasteiger partial charge in [-0.25, -0.2) is 0 Å². The molecule has 1 saturated heterocycles. The first-order valence-corrected chi connectivity index (χ1v) is 9.31. The third kappa shape index (κ3) is 6.39. The second-order valence-corrected chi connectivity index (χ2v) is 7.13. The van der Waals surface area contributed by atoms with E-state index in [0.29, 0.717) is 12.0 Å². The Kier molecular flexibility index (Phi) is 8.50. The maximum absolute atomic E-state index is 5.68. The summed E-state index contributed by atoms with van der Waals surface area (Å²) < 4.78 is 11.4. The molecule has 2 aliphatic rings. The van der Waals surface area contributed by atoms with E-state index in [1.54, 1.807) is 0 Å². The van der Waals surface area contributed by atoms with Crippen LogP contribution in [0.3, 0.4) is 0 Å². The van der Waals surface area contributed by atoms with Crippen LogP contribution in [0.5, 0.6) is 0 Å². The monoisotopic (exact) mass is 309 g/mol. The van der Waals surface area contributed by atoms with E-state index in [4.69, 9.17) is 9.47 Å². The summed E-state index contributed by atoms with van der Waals surface area (Å²) in [6, 6.07) is 0.599. The Morgan fingerprint density at radius 2 is 1.64 bits per heavy atom. The molecule has 1 aliphatic carbocycles. The Morgan fingerprint density at radius 1 is 1.00 bits per heavy atom. The van der Waals surface area contributed by atoms with Crippen molar-refractivity contribution in [1.29, 1.82) is 0 Å². The van der Waals surface area contributed by atoms with Gasteiger partial charge in [0.25, 0.3) is 0 Å². The summed E-state index contributed by atoms with van der Waals surface area (Å²) in [7, 11) is 0. The number of hydrogen-bond acceptors (Lipinski definition) is 3. The summed E-state index contributed by atoms with van der Waals surface area (Å²) in [6.07, 6.45) is 11.5. The van der Waals surface area contributed by atoms with Gasteiger partial charge in [-0.15, -0.1) is 6.58 Å². The highest BCUT2D eigenvalue weighted by molar-refractivity contribution is 4.83. The zero-order valence-corrected chi connectivity index (χ0v) is 14.5. The van der Waals surface area contributed by atoms with Gasteiger partial charge in [-0.05, 0) is 37.5 Å². The molecule has 1 heterocycles. The van der Waals surface area contributed by atoms with Gasteiger partial charge >= 0.3 is 0 Å². The van der Waals surface area contributed by atoms with Gasteiger partial charge in [0, 0.05) is 32.3 Å². The van der Waals surface area contributed by atoms with Crippen LogP contribution in [0.2, 0.25) is 0 Å². The van der Waals surface area contributed by atoms with E-state index in [2.05, 4.69) is 24.5 Å². The fourth-order valence-electron chi connectivity index (χ4n) is 3.79. The molecule has 3 heteroatoms. The Labute approximate surface area is 137 Å². The minimum absolute atomic E-state index is 0.554. The Hall–Kier alpha value is -0.380. The predicted molar refractivity (Wildman–Crippen MR) is 92.2 cm³/mol. The lowest BCUT2D eigenvalue weighted by molar-refractivity contribution is 0.0584. The lowest BCUT2D eigenvalue weighted by Gasteiger charge is -2.36. The summed E-state index contributed by atoms with van der Waals surface area (Å²) in [5, 5.41) is 0. The highest BCUT2D eigenvalue weighted by Gasteiger charge is 2.24. The van der Waals surface area contributed by atoms with E-state index < -0.39 is 0 Å². The van der Waals surface area contributed by atoms with Crippen molar-refractivity contribution in [2.75, 3.05) is 39.5 Å². The van der Waals surface area contributed by atoms with Gasteiger partial charge < -0.3 is 9.47 Å². The van der Waals surface area contributed by atoms with Gasteiger partial charge in [0.05, 0.1) is 13.2 Å². The molecule has 0 amide bonds. The molecular weight excluding hydrogens is 274 g/mol. The quantitative estimate of drug-likeness (QED) is 0.695. The van der Waals surface area contributed by atoms with Crippen molar-refractivity contribution >= 4 is 0 Å². The second kappa shape index (κ2) is 10.4. The van der Waals surface area contributed by atoms with Crippen LogP contribution in [0.4, 0.5) is 0 Å². The number of nitrogens with zero attached hydrogens (tertiary/aromatic N) is 1. The fraction of sp³-hybridized carbons (Fsp3) is 0.895. The van der Waals surface area contributed by atoms with E-state index in [1.807, 2.05) is 0 Å². The molecule has 3 nitrogen and oxygen atoms in total. The minimum Gasteiger partial charge on any atom is -0.379 e. The molecule has 0 spiro atoms. The normalized spacial score (nSPS) is 24.5. The third-order valence-corrected chi connectivity index (χ3v) is 5.22. The fourth-order valence-corrected chi connectivity index (χ4v) is 3.79. The number of hydrogen-bond donors (Lipinski definition) is 0. The van der Waals surface area contributed by atoms with E-state index >= 15 is 0 Å². The van der Waals surface area contributed by atoms with Gasteiger partial charge in [-0.3, -0.25) is 4.90 Å². The predicted octanol–water partition coefficient (Wildman–Crippen LogP) is 3.89. The smallest absolute Gasteiger partial charge is 0.0700 e. The first kappa shape index (κ1) is 18.0. The standard InChI is InChI=1S/C19H35NO2/c1-3-17(2)15-20(16-18-7-5-4-6-8-18)19-9-11-21-13-14-22-12-10-19/h3,17-19H,1,4-16H2,2H3. The Balaban J connectivity index is 1.94. The molecule has 0 aromatic carbocycles. The van der Waals surface area contributed by atoms with Gasteiger partial charge in [-0.2, -0.15) is 0 Å². The van der Waals surface area contributed by atoms with Crippen LogP contribution < -0.4 is 0 Å². The highest BCUT2D eigenvalue weighted by atomic mass is 16.5. The van der Waals surface area contributed by atoms with Gasteiger partial charge in [0.15, 0.2) is 0 Å². The topological polar surface area (TPSA) is 21.7 Å².